The van der Waals surface area contributed by atoms with Crippen molar-refractivity contribution in [2.24, 2.45) is 0 Å². The maximum atomic E-state index is 12.5. The summed E-state index contributed by atoms with van der Waals surface area (Å²) in [6, 6.07) is 24.1. The predicted molar refractivity (Wildman–Crippen MR) is 104 cm³/mol. The number of benzene rings is 3. The summed E-state index contributed by atoms with van der Waals surface area (Å²) in [5, 5.41) is 4.35. The third-order valence-electron chi connectivity index (χ3n) is 3.94. The number of halogens is 1. The van der Waals surface area contributed by atoms with E-state index in [1.807, 2.05) is 54.6 Å². The molecule has 3 aromatic carbocycles. The molecule has 0 bridgehead atoms. The molecule has 0 radical (unpaired) electrons. The number of hydrogen-bond donors (Lipinski definition) is 2. The Morgan fingerprint density at radius 2 is 1.62 bits per heavy atom. The van der Waals surface area contributed by atoms with Crippen molar-refractivity contribution >= 4 is 34.1 Å². The largest absolute Gasteiger partial charge is 0.457 e. The van der Waals surface area contributed by atoms with Gasteiger partial charge in [0.1, 0.15) is 17.2 Å². The van der Waals surface area contributed by atoms with Crippen LogP contribution in [-0.2, 0) is 0 Å². The highest BCUT2D eigenvalue weighted by atomic mass is 35.5. The molecule has 0 aliphatic rings. The topological polar surface area (TPSA) is 54.1 Å². The third-order valence-corrected chi connectivity index (χ3v) is 4.26. The predicted octanol–water partition coefficient (Wildman–Crippen LogP) is 5.87. The molecule has 1 heterocycles. The van der Waals surface area contributed by atoms with Gasteiger partial charge in [-0.2, -0.15) is 0 Å². The minimum atomic E-state index is -0.228. The van der Waals surface area contributed by atoms with Gasteiger partial charge >= 0.3 is 0 Å². The summed E-state index contributed by atoms with van der Waals surface area (Å²) in [5.74, 6) is 1.24. The molecule has 26 heavy (non-hydrogen) atoms. The molecule has 0 aliphatic heterocycles. The van der Waals surface area contributed by atoms with Crippen LogP contribution in [0.1, 0.15) is 10.5 Å². The summed E-state index contributed by atoms with van der Waals surface area (Å²) >= 11 is 6.14. The number of nitrogens with one attached hydrogen (secondary N) is 2. The fourth-order valence-corrected chi connectivity index (χ4v) is 2.90. The summed E-state index contributed by atoms with van der Waals surface area (Å²) in [6.07, 6.45) is 0. The summed E-state index contributed by atoms with van der Waals surface area (Å²) in [7, 11) is 0. The molecule has 4 nitrogen and oxygen atoms in total. The van der Waals surface area contributed by atoms with E-state index in [9.17, 15) is 4.79 Å². The van der Waals surface area contributed by atoms with E-state index < -0.39 is 0 Å². The molecular weight excluding hydrogens is 348 g/mol. The first-order valence-corrected chi connectivity index (χ1v) is 8.48. The third kappa shape index (κ3) is 3.41. The highest BCUT2D eigenvalue weighted by molar-refractivity contribution is 6.35. The number of hydrogen-bond acceptors (Lipinski definition) is 2. The maximum absolute atomic E-state index is 12.5. The molecule has 0 unspecified atom stereocenters. The minimum absolute atomic E-state index is 0.228. The molecule has 1 amide bonds. The Hall–Kier alpha value is -3.24. The second-order valence-electron chi connectivity index (χ2n) is 5.78. The molecule has 0 aliphatic carbocycles. The lowest BCUT2D eigenvalue weighted by molar-refractivity contribution is 0.102. The maximum Gasteiger partial charge on any atom is 0.272 e. The number of rotatable bonds is 4. The van der Waals surface area contributed by atoms with Gasteiger partial charge in [0, 0.05) is 11.1 Å². The lowest BCUT2D eigenvalue weighted by Crippen LogP contribution is -2.12. The van der Waals surface area contributed by atoms with Gasteiger partial charge in [-0.05, 0) is 48.5 Å². The van der Waals surface area contributed by atoms with Gasteiger partial charge in [-0.25, -0.2) is 0 Å². The van der Waals surface area contributed by atoms with E-state index in [4.69, 9.17) is 16.3 Å². The minimum Gasteiger partial charge on any atom is -0.457 e. The molecule has 2 N–H and O–H groups in total. The van der Waals surface area contributed by atoms with Crippen LogP contribution in [0, 0.1) is 0 Å². The van der Waals surface area contributed by atoms with Crippen LogP contribution >= 0.6 is 11.6 Å². The average molecular weight is 363 g/mol. The normalized spacial score (nSPS) is 10.7. The number of fused-ring (bicyclic) bond motifs is 1. The number of amides is 1. The Morgan fingerprint density at radius 1 is 0.885 bits per heavy atom. The standard InChI is InChI=1S/C21H15ClN2O2/c22-18-8-4-5-14-13-19(24-20(14)18)21(25)23-15-9-11-17(12-10-15)26-16-6-2-1-3-7-16/h1-13,24H,(H,23,25). The van der Waals surface area contributed by atoms with Gasteiger partial charge in [-0.3, -0.25) is 4.79 Å². The zero-order valence-corrected chi connectivity index (χ0v) is 14.5. The Kier molecular flexibility index (Phi) is 4.33. The first kappa shape index (κ1) is 16.2. The number of anilines is 1. The molecule has 0 atom stereocenters. The van der Waals surface area contributed by atoms with Gasteiger partial charge in [-0.15, -0.1) is 0 Å². The van der Waals surface area contributed by atoms with Crippen molar-refractivity contribution in [3.63, 3.8) is 0 Å². The van der Waals surface area contributed by atoms with Crippen LogP contribution in [0.2, 0.25) is 5.02 Å². The fourth-order valence-electron chi connectivity index (χ4n) is 2.67. The number of aromatic nitrogens is 1. The smallest absolute Gasteiger partial charge is 0.272 e. The summed E-state index contributed by atoms with van der Waals surface area (Å²) in [5.41, 5.74) is 1.89. The average Bonchev–Trinajstić information content (AvgIpc) is 3.10. The number of carbonyl (C=O) groups excluding carboxylic acids is 1. The van der Waals surface area contributed by atoms with Gasteiger partial charge in [0.25, 0.3) is 5.91 Å². The van der Waals surface area contributed by atoms with Gasteiger partial charge in [0.05, 0.1) is 10.5 Å². The zero-order valence-electron chi connectivity index (χ0n) is 13.7. The first-order chi connectivity index (χ1) is 12.7. The van der Waals surface area contributed by atoms with Gasteiger partial charge in [-0.1, -0.05) is 41.9 Å². The zero-order chi connectivity index (χ0) is 17.9. The fraction of sp³-hybridized carbons (Fsp3) is 0. The van der Waals surface area contributed by atoms with Gasteiger partial charge in [0.15, 0.2) is 0 Å². The second kappa shape index (κ2) is 6.94. The number of ether oxygens (including phenoxy) is 1. The summed E-state index contributed by atoms with van der Waals surface area (Å²) in [6.45, 7) is 0. The molecule has 0 saturated carbocycles. The van der Waals surface area contributed by atoms with Crippen LogP contribution in [0.15, 0.2) is 78.9 Å². The second-order valence-corrected chi connectivity index (χ2v) is 6.19. The monoisotopic (exact) mass is 362 g/mol. The quantitative estimate of drug-likeness (QED) is 0.477. The van der Waals surface area contributed by atoms with Crippen molar-refractivity contribution in [1.29, 1.82) is 0 Å². The first-order valence-electron chi connectivity index (χ1n) is 8.10. The van der Waals surface area contributed by atoms with Gasteiger partial charge in [0.2, 0.25) is 0 Å². The molecular formula is C21H15ClN2O2. The Labute approximate surface area is 155 Å². The van der Waals surface area contributed by atoms with E-state index in [-0.39, 0.29) is 5.91 Å². The van der Waals surface area contributed by atoms with Crippen LogP contribution in [0.3, 0.4) is 0 Å². The molecule has 1 aromatic heterocycles. The van der Waals surface area contributed by atoms with Crippen LogP contribution in [0.5, 0.6) is 11.5 Å². The molecule has 0 saturated heterocycles. The van der Waals surface area contributed by atoms with E-state index >= 15 is 0 Å². The molecule has 0 spiro atoms. The lowest BCUT2D eigenvalue weighted by Gasteiger charge is -2.07. The van der Waals surface area contributed by atoms with Crippen molar-refractivity contribution in [3.8, 4) is 11.5 Å². The highest BCUT2D eigenvalue weighted by Gasteiger charge is 2.11. The van der Waals surface area contributed by atoms with Crippen molar-refractivity contribution in [3.05, 3.63) is 89.6 Å². The van der Waals surface area contributed by atoms with E-state index in [0.29, 0.717) is 22.2 Å². The lowest BCUT2D eigenvalue weighted by atomic mass is 10.2. The van der Waals surface area contributed by atoms with Crippen molar-refractivity contribution in [2.75, 3.05) is 5.32 Å². The SMILES string of the molecule is O=C(Nc1ccc(Oc2ccccc2)cc1)c1cc2cccc(Cl)c2[nH]1. The molecule has 4 aromatic rings. The molecule has 5 heteroatoms. The number of H-pyrrole nitrogens is 1. The van der Waals surface area contributed by atoms with E-state index in [1.165, 1.54) is 0 Å². The van der Waals surface area contributed by atoms with Crippen LogP contribution < -0.4 is 10.1 Å². The molecule has 4 rings (SSSR count). The van der Waals surface area contributed by atoms with Crippen LogP contribution in [0.25, 0.3) is 10.9 Å². The van der Waals surface area contributed by atoms with Crippen molar-refractivity contribution < 1.29 is 9.53 Å². The van der Waals surface area contributed by atoms with Gasteiger partial charge < -0.3 is 15.0 Å². The van der Waals surface area contributed by atoms with Crippen molar-refractivity contribution in [1.82, 2.24) is 4.98 Å². The Morgan fingerprint density at radius 3 is 2.35 bits per heavy atom. The Bertz CT molecular complexity index is 1060. The molecule has 0 fully saturated rings. The highest BCUT2D eigenvalue weighted by Crippen LogP contribution is 2.25. The van der Waals surface area contributed by atoms with E-state index in [2.05, 4.69) is 10.3 Å². The number of carbonyl (C=O) groups is 1. The van der Waals surface area contributed by atoms with E-state index in [0.717, 1.165) is 16.7 Å². The molecule has 128 valence electrons. The number of aromatic amines is 1. The Balaban J connectivity index is 1.47. The van der Waals surface area contributed by atoms with Crippen LogP contribution in [-0.4, -0.2) is 10.9 Å². The van der Waals surface area contributed by atoms with E-state index in [1.54, 1.807) is 24.3 Å². The van der Waals surface area contributed by atoms with Crippen LogP contribution in [0.4, 0.5) is 5.69 Å². The summed E-state index contributed by atoms with van der Waals surface area (Å²) < 4.78 is 5.74. The number of para-hydroxylation sites is 2. The summed E-state index contributed by atoms with van der Waals surface area (Å²) in [4.78, 5) is 15.5. The van der Waals surface area contributed by atoms with Crippen molar-refractivity contribution in [2.45, 2.75) is 0 Å².